The minimum atomic E-state index is -0.986. The molecule has 0 aliphatic carbocycles. The highest BCUT2D eigenvalue weighted by molar-refractivity contribution is 9.10. The summed E-state index contributed by atoms with van der Waals surface area (Å²) < 4.78 is 23.7. The van der Waals surface area contributed by atoms with E-state index in [9.17, 15) is 9.18 Å². The van der Waals surface area contributed by atoms with Crippen molar-refractivity contribution in [3.8, 4) is 24.3 Å². The Morgan fingerprint density at radius 2 is 2.10 bits per heavy atom. The molecule has 1 aromatic carbocycles. The first-order chi connectivity index (χ1) is 10.1. The Balaban J connectivity index is 2.26. The molecule has 0 unspecified atom stereocenters. The number of halogens is 2. The van der Waals surface area contributed by atoms with E-state index in [1.165, 1.54) is 18.5 Å². The molecule has 0 fully saturated rings. The summed E-state index contributed by atoms with van der Waals surface area (Å²) in [7, 11) is 0. The Kier molecular flexibility index (Phi) is 4.68. The van der Waals surface area contributed by atoms with E-state index in [4.69, 9.17) is 11.2 Å². The molecule has 8 heteroatoms. The topological polar surface area (TPSA) is 73.3 Å². The smallest absolute Gasteiger partial charge is 0.423 e. The highest BCUT2D eigenvalue weighted by Crippen LogP contribution is 2.33. The SMILES string of the molecule is C#COC(=O)Nc1cc(Oc2ncccn2)c(Br)cc1F. The number of carbonyl (C=O) groups excluding carboxylic acids is 1. The van der Waals surface area contributed by atoms with Gasteiger partial charge in [-0.15, -0.1) is 0 Å². The fourth-order valence-electron chi connectivity index (χ4n) is 1.33. The van der Waals surface area contributed by atoms with Crippen LogP contribution in [0.15, 0.2) is 35.1 Å². The molecule has 1 aromatic heterocycles. The Labute approximate surface area is 127 Å². The number of terminal acetylenes is 1. The molecule has 0 bridgehead atoms. The summed E-state index contributed by atoms with van der Waals surface area (Å²) in [5.41, 5.74) is -0.163. The average Bonchev–Trinajstić information content (AvgIpc) is 2.45. The van der Waals surface area contributed by atoms with Gasteiger partial charge in [-0.1, -0.05) is 6.42 Å². The third kappa shape index (κ3) is 3.90. The van der Waals surface area contributed by atoms with Crippen molar-refractivity contribution in [1.29, 1.82) is 0 Å². The van der Waals surface area contributed by atoms with Crippen LogP contribution in [0.1, 0.15) is 0 Å². The molecule has 2 rings (SSSR count). The van der Waals surface area contributed by atoms with Crippen LogP contribution in [0.2, 0.25) is 0 Å². The van der Waals surface area contributed by atoms with Crippen LogP contribution in [0.4, 0.5) is 14.9 Å². The van der Waals surface area contributed by atoms with Crippen molar-refractivity contribution < 1.29 is 18.7 Å². The molecule has 21 heavy (non-hydrogen) atoms. The van der Waals surface area contributed by atoms with Gasteiger partial charge in [0.2, 0.25) is 0 Å². The molecule has 1 amide bonds. The predicted octanol–water partition coefficient (Wildman–Crippen LogP) is 3.31. The van der Waals surface area contributed by atoms with Crippen molar-refractivity contribution in [2.24, 2.45) is 0 Å². The zero-order chi connectivity index (χ0) is 15.2. The molecule has 1 heterocycles. The number of nitrogens with one attached hydrogen (secondary N) is 1. The number of aromatic nitrogens is 2. The van der Waals surface area contributed by atoms with Crippen LogP contribution < -0.4 is 10.1 Å². The van der Waals surface area contributed by atoms with E-state index in [0.29, 0.717) is 4.47 Å². The first kappa shape index (κ1) is 14.7. The first-order valence-corrected chi connectivity index (χ1v) is 6.27. The van der Waals surface area contributed by atoms with Crippen LogP contribution in [-0.2, 0) is 4.74 Å². The van der Waals surface area contributed by atoms with Gasteiger partial charge in [-0.25, -0.2) is 19.2 Å². The summed E-state index contributed by atoms with van der Waals surface area (Å²) in [5, 5.41) is 2.14. The van der Waals surface area contributed by atoms with Gasteiger partial charge in [0.15, 0.2) is 0 Å². The number of hydrogen-bond donors (Lipinski definition) is 1. The van der Waals surface area contributed by atoms with E-state index < -0.39 is 11.9 Å². The molecule has 0 radical (unpaired) electrons. The third-order valence-corrected chi connectivity index (χ3v) is 2.77. The lowest BCUT2D eigenvalue weighted by atomic mass is 10.3. The first-order valence-electron chi connectivity index (χ1n) is 5.47. The lowest BCUT2D eigenvalue weighted by Gasteiger charge is -2.09. The number of hydrogen-bond acceptors (Lipinski definition) is 5. The zero-order valence-electron chi connectivity index (χ0n) is 10.3. The Morgan fingerprint density at radius 1 is 1.38 bits per heavy atom. The Hall–Kier alpha value is -2.66. The standard InChI is InChI=1S/C13H7BrFN3O3/c1-2-20-13(19)18-10-7-11(8(14)6-9(10)15)21-12-16-4-3-5-17-12/h1,3-7H,(H,18,19). The lowest BCUT2D eigenvalue weighted by Crippen LogP contribution is -2.12. The van der Waals surface area contributed by atoms with Crippen molar-refractivity contribution in [3.63, 3.8) is 0 Å². The van der Waals surface area contributed by atoms with Gasteiger partial charge in [0.05, 0.1) is 10.2 Å². The van der Waals surface area contributed by atoms with Crippen LogP contribution in [0.3, 0.4) is 0 Å². The second-order valence-corrected chi connectivity index (χ2v) is 4.38. The van der Waals surface area contributed by atoms with Crippen molar-refractivity contribution in [2.75, 3.05) is 5.32 Å². The molecule has 1 N–H and O–H groups in total. The summed E-state index contributed by atoms with van der Waals surface area (Å²) in [6.45, 7) is 0. The van der Waals surface area contributed by atoms with Crippen LogP contribution in [0.5, 0.6) is 11.8 Å². The fourth-order valence-corrected chi connectivity index (χ4v) is 1.72. The third-order valence-electron chi connectivity index (χ3n) is 2.15. The Morgan fingerprint density at radius 3 is 2.76 bits per heavy atom. The highest BCUT2D eigenvalue weighted by atomic mass is 79.9. The van der Waals surface area contributed by atoms with Crippen molar-refractivity contribution >= 4 is 27.7 Å². The van der Waals surface area contributed by atoms with Gasteiger partial charge < -0.3 is 9.47 Å². The number of benzene rings is 1. The average molecular weight is 352 g/mol. The number of amides is 1. The zero-order valence-corrected chi connectivity index (χ0v) is 11.9. The van der Waals surface area contributed by atoms with Crippen molar-refractivity contribution in [1.82, 2.24) is 9.97 Å². The maximum Gasteiger partial charge on any atom is 0.425 e. The van der Waals surface area contributed by atoms with Gasteiger partial charge in [0.25, 0.3) is 0 Å². The molecule has 0 aliphatic heterocycles. The van der Waals surface area contributed by atoms with Gasteiger partial charge in [-0.3, -0.25) is 5.32 Å². The molecule has 2 aromatic rings. The summed E-state index contributed by atoms with van der Waals surface area (Å²) >= 11 is 3.14. The minimum Gasteiger partial charge on any atom is -0.423 e. The van der Waals surface area contributed by atoms with Crippen molar-refractivity contribution in [3.05, 3.63) is 40.9 Å². The molecule has 0 saturated carbocycles. The molecule has 0 atom stereocenters. The summed E-state index contributed by atoms with van der Waals surface area (Å²) in [5.74, 6) is -0.490. The maximum absolute atomic E-state index is 13.7. The number of carbonyl (C=O) groups is 1. The summed E-state index contributed by atoms with van der Waals surface area (Å²) in [6, 6.07) is 4.05. The van der Waals surface area contributed by atoms with Crippen LogP contribution in [-0.4, -0.2) is 16.1 Å². The summed E-state index contributed by atoms with van der Waals surface area (Å²) in [6.07, 6.45) is 8.47. The van der Waals surface area contributed by atoms with Gasteiger partial charge in [0, 0.05) is 18.5 Å². The molecule has 6 nitrogen and oxygen atoms in total. The van der Waals surface area contributed by atoms with Gasteiger partial charge >= 0.3 is 12.1 Å². The number of ether oxygens (including phenoxy) is 2. The minimum absolute atomic E-state index is 0.0713. The molecule has 0 spiro atoms. The van der Waals surface area contributed by atoms with E-state index in [-0.39, 0.29) is 17.4 Å². The second kappa shape index (κ2) is 6.67. The van der Waals surface area contributed by atoms with E-state index in [1.54, 1.807) is 12.2 Å². The predicted molar refractivity (Wildman–Crippen MR) is 75.1 cm³/mol. The summed E-state index contributed by atoms with van der Waals surface area (Å²) in [4.78, 5) is 18.9. The molecule has 106 valence electrons. The van der Waals surface area contributed by atoms with Gasteiger partial charge in [-0.2, -0.15) is 0 Å². The largest absolute Gasteiger partial charge is 0.425 e. The van der Waals surface area contributed by atoms with Crippen molar-refractivity contribution in [2.45, 2.75) is 0 Å². The molecule has 0 saturated heterocycles. The van der Waals surface area contributed by atoms with Gasteiger partial charge in [-0.05, 0) is 28.1 Å². The normalized spacial score (nSPS) is 9.57. The number of anilines is 1. The van der Waals surface area contributed by atoms with Crippen LogP contribution >= 0.6 is 15.9 Å². The molecular weight excluding hydrogens is 345 g/mol. The van der Waals surface area contributed by atoms with E-state index in [2.05, 4.69) is 36.0 Å². The molecular formula is C13H7BrFN3O3. The quantitative estimate of drug-likeness (QED) is 0.858. The monoisotopic (exact) mass is 351 g/mol. The second-order valence-electron chi connectivity index (χ2n) is 3.53. The van der Waals surface area contributed by atoms with E-state index in [0.717, 1.165) is 6.07 Å². The lowest BCUT2D eigenvalue weighted by molar-refractivity contribution is 0.207. The van der Waals surface area contributed by atoms with E-state index in [1.807, 2.05) is 0 Å². The van der Waals surface area contributed by atoms with Gasteiger partial charge in [0.1, 0.15) is 17.7 Å². The molecule has 0 aliphatic rings. The number of nitrogens with zero attached hydrogens (tertiary/aromatic N) is 2. The number of rotatable bonds is 3. The Bertz CT molecular complexity index is 704. The highest BCUT2D eigenvalue weighted by Gasteiger charge is 2.13. The van der Waals surface area contributed by atoms with E-state index >= 15 is 0 Å². The maximum atomic E-state index is 13.7. The van der Waals surface area contributed by atoms with Crippen LogP contribution in [0, 0.1) is 18.3 Å². The van der Waals surface area contributed by atoms with Crippen LogP contribution in [0.25, 0.3) is 0 Å². The fraction of sp³-hybridized carbons (Fsp3) is 0.